The number of fused-ring (bicyclic) bond motifs is 1. The van der Waals surface area contributed by atoms with Crippen LogP contribution < -0.4 is 0 Å². The van der Waals surface area contributed by atoms with E-state index < -0.39 is 0 Å². The zero-order chi connectivity index (χ0) is 13.6. The number of para-hydroxylation sites is 1. The molecule has 1 aromatic carbocycles. The summed E-state index contributed by atoms with van der Waals surface area (Å²) in [5.74, 6) is 1.67. The lowest BCUT2D eigenvalue weighted by atomic mass is 10.2. The number of nitrogens with zero attached hydrogens (tertiary/aromatic N) is 4. The van der Waals surface area contributed by atoms with Crippen molar-refractivity contribution >= 4 is 22.6 Å². The second kappa shape index (κ2) is 4.38. The van der Waals surface area contributed by atoms with Crippen LogP contribution in [0.5, 0.6) is 0 Å². The van der Waals surface area contributed by atoms with Gasteiger partial charge < -0.3 is 0 Å². The molecule has 0 saturated heterocycles. The molecule has 4 nitrogen and oxygen atoms in total. The van der Waals surface area contributed by atoms with Crippen LogP contribution in [0.3, 0.4) is 0 Å². The molecule has 0 fully saturated rings. The molecular weight excluding hydrogens is 260 g/mol. The summed E-state index contributed by atoms with van der Waals surface area (Å²) >= 11 is 6.27. The van der Waals surface area contributed by atoms with Gasteiger partial charge in [0.25, 0.3) is 0 Å². The molecule has 3 rings (SSSR count). The second-order valence-corrected chi connectivity index (χ2v) is 5.37. The number of rotatable bonds is 2. The molecule has 0 radical (unpaired) electrons. The van der Waals surface area contributed by atoms with Gasteiger partial charge in [0.15, 0.2) is 5.82 Å². The number of halogens is 1. The molecule has 0 aliphatic heterocycles. The maximum atomic E-state index is 6.27. The van der Waals surface area contributed by atoms with Crippen molar-refractivity contribution in [2.45, 2.75) is 19.2 Å². The molecule has 2 aromatic heterocycles. The van der Waals surface area contributed by atoms with E-state index >= 15 is 0 Å². The maximum Gasteiger partial charge on any atom is 0.160 e. The SMILES string of the molecule is Cc1cccc2nc(C(C)Cl)n(-c3ccn(C)n3)c12. The van der Waals surface area contributed by atoms with E-state index in [-0.39, 0.29) is 5.38 Å². The van der Waals surface area contributed by atoms with Crippen LogP contribution in [0.4, 0.5) is 0 Å². The molecule has 0 N–H and O–H groups in total. The van der Waals surface area contributed by atoms with Gasteiger partial charge in [-0.2, -0.15) is 5.10 Å². The largest absolute Gasteiger partial charge is 0.277 e. The third-order valence-corrected chi connectivity index (χ3v) is 3.38. The smallest absolute Gasteiger partial charge is 0.160 e. The highest BCUT2D eigenvalue weighted by atomic mass is 35.5. The summed E-state index contributed by atoms with van der Waals surface area (Å²) in [6, 6.07) is 8.06. The summed E-state index contributed by atoms with van der Waals surface area (Å²) in [6.45, 7) is 4.00. The lowest BCUT2D eigenvalue weighted by molar-refractivity contribution is 0.743. The molecule has 3 aromatic rings. The van der Waals surface area contributed by atoms with Crippen molar-refractivity contribution in [2.75, 3.05) is 0 Å². The number of benzene rings is 1. The van der Waals surface area contributed by atoms with E-state index in [1.165, 1.54) is 5.56 Å². The second-order valence-electron chi connectivity index (χ2n) is 4.71. The van der Waals surface area contributed by atoms with E-state index in [1.807, 2.05) is 42.9 Å². The Balaban J connectivity index is 2.39. The molecule has 5 heteroatoms. The Labute approximate surface area is 116 Å². The lowest BCUT2D eigenvalue weighted by Crippen LogP contribution is -2.04. The molecule has 0 aliphatic carbocycles. The van der Waals surface area contributed by atoms with Gasteiger partial charge in [-0.15, -0.1) is 11.6 Å². The van der Waals surface area contributed by atoms with Crippen LogP contribution in [-0.4, -0.2) is 19.3 Å². The maximum absolute atomic E-state index is 6.27. The fraction of sp³-hybridized carbons (Fsp3) is 0.286. The van der Waals surface area contributed by atoms with E-state index in [2.05, 4.69) is 23.1 Å². The van der Waals surface area contributed by atoms with Crippen LogP contribution in [0.25, 0.3) is 16.9 Å². The van der Waals surface area contributed by atoms with Gasteiger partial charge in [0.05, 0.1) is 16.4 Å². The van der Waals surface area contributed by atoms with Gasteiger partial charge in [-0.05, 0) is 25.5 Å². The third-order valence-electron chi connectivity index (χ3n) is 3.19. The minimum Gasteiger partial charge on any atom is -0.277 e. The predicted molar refractivity (Wildman–Crippen MR) is 76.8 cm³/mol. The number of aromatic nitrogens is 4. The molecule has 0 spiro atoms. The average molecular weight is 275 g/mol. The highest BCUT2D eigenvalue weighted by Crippen LogP contribution is 2.29. The summed E-state index contributed by atoms with van der Waals surface area (Å²) in [5.41, 5.74) is 3.19. The van der Waals surface area contributed by atoms with E-state index in [0.717, 1.165) is 22.7 Å². The zero-order valence-corrected chi connectivity index (χ0v) is 11.9. The van der Waals surface area contributed by atoms with Crippen LogP contribution in [0, 0.1) is 6.92 Å². The first-order valence-electron chi connectivity index (χ1n) is 6.20. The minimum atomic E-state index is -0.172. The van der Waals surface area contributed by atoms with E-state index in [1.54, 1.807) is 4.68 Å². The fourth-order valence-electron chi connectivity index (χ4n) is 2.33. The number of alkyl halides is 1. The fourth-order valence-corrected chi connectivity index (χ4v) is 2.48. The molecule has 19 heavy (non-hydrogen) atoms. The quantitative estimate of drug-likeness (QED) is 0.672. The van der Waals surface area contributed by atoms with Crippen LogP contribution in [0.1, 0.15) is 23.7 Å². The summed E-state index contributed by atoms with van der Waals surface area (Å²) in [4.78, 5) is 4.64. The van der Waals surface area contributed by atoms with E-state index in [9.17, 15) is 0 Å². The Hall–Kier alpha value is -1.81. The summed E-state index contributed by atoms with van der Waals surface area (Å²) < 4.78 is 3.82. The first-order chi connectivity index (χ1) is 9.08. The van der Waals surface area contributed by atoms with Crippen LogP contribution in [-0.2, 0) is 7.05 Å². The molecule has 0 aliphatic rings. The van der Waals surface area contributed by atoms with Crippen molar-refractivity contribution in [1.29, 1.82) is 0 Å². The highest BCUT2D eigenvalue weighted by Gasteiger charge is 2.18. The molecule has 1 atom stereocenters. The van der Waals surface area contributed by atoms with Crippen molar-refractivity contribution in [3.63, 3.8) is 0 Å². The van der Waals surface area contributed by atoms with Gasteiger partial charge >= 0.3 is 0 Å². The van der Waals surface area contributed by atoms with Crippen molar-refractivity contribution in [3.8, 4) is 5.82 Å². The first kappa shape index (κ1) is 12.2. The van der Waals surface area contributed by atoms with Crippen molar-refractivity contribution < 1.29 is 0 Å². The summed E-state index contributed by atoms with van der Waals surface area (Å²) in [5, 5.41) is 4.30. The normalized spacial score (nSPS) is 13.1. The van der Waals surface area contributed by atoms with Crippen molar-refractivity contribution in [1.82, 2.24) is 19.3 Å². The first-order valence-corrected chi connectivity index (χ1v) is 6.63. The molecule has 2 heterocycles. The molecule has 0 bridgehead atoms. The summed E-state index contributed by atoms with van der Waals surface area (Å²) in [6.07, 6.45) is 1.92. The molecular formula is C14H15ClN4. The number of imidazole rings is 1. The minimum absolute atomic E-state index is 0.172. The molecule has 1 unspecified atom stereocenters. The van der Waals surface area contributed by atoms with Crippen molar-refractivity contribution in [3.05, 3.63) is 41.9 Å². The number of aryl methyl sites for hydroxylation is 2. The molecule has 98 valence electrons. The molecule has 0 amide bonds. The monoisotopic (exact) mass is 274 g/mol. The topological polar surface area (TPSA) is 35.6 Å². The summed E-state index contributed by atoms with van der Waals surface area (Å²) in [7, 11) is 1.90. The predicted octanol–water partition coefficient (Wildman–Crippen LogP) is 3.37. The highest BCUT2D eigenvalue weighted by molar-refractivity contribution is 6.20. The van der Waals surface area contributed by atoms with Gasteiger partial charge in [-0.3, -0.25) is 9.25 Å². The zero-order valence-electron chi connectivity index (χ0n) is 11.1. The number of hydrogen-bond donors (Lipinski definition) is 0. The van der Waals surface area contributed by atoms with Crippen molar-refractivity contribution in [2.24, 2.45) is 7.05 Å². The number of hydrogen-bond acceptors (Lipinski definition) is 2. The van der Waals surface area contributed by atoms with Crippen LogP contribution >= 0.6 is 11.6 Å². The van der Waals surface area contributed by atoms with Crippen LogP contribution in [0.15, 0.2) is 30.5 Å². The van der Waals surface area contributed by atoms with Gasteiger partial charge in [0.1, 0.15) is 5.82 Å². The van der Waals surface area contributed by atoms with Gasteiger partial charge in [-0.1, -0.05) is 12.1 Å². The third kappa shape index (κ3) is 1.92. The van der Waals surface area contributed by atoms with E-state index in [4.69, 9.17) is 11.6 Å². The Morgan fingerprint density at radius 3 is 2.68 bits per heavy atom. The van der Waals surface area contributed by atoms with Gasteiger partial charge in [0, 0.05) is 19.3 Å². The Bertz CT molecular complexity index is 739. The lowest BCUT2D eigenvalue weighted by Gasteiger charge is -2.08. The molecule has 0 saturated carbocycles. The van der Waals surface area contributed by atoms with Gasteiger partial charge in [0.2, 0.25) is 0 Å². The standard InChI is InChI=1S/C14H15ClN4/c1-9-5-4-6-11-13(9)19(14(16-11)10(2)15)12-7-8-18(3)17-12/h4-8,10H,1-3H3. The Kier molecular flexibility index (Phi) is 2.82. The Morgan fingerprint density at radius 1 is 1.26 bits per heavy atom. The van der Waals surface area contributed by atoms with Gasteiger partial charge in [-0.25, -0.2) is 4.98 Å². The van der Waals surface area contributed by atoms with E-state index in [0.29, 0.717) is 0 Å². The average Bonchev–Trinajstić information content (AvgIpc) is 2.93. The van der Waals surface area contributed by atoms with Crippen LogP contribution in [0.2, 0.25) is 0 Å². The Morgan fingerprint density at radius 2 is 2.05 bits per heavy atom.